The van der Waals surface area contributed by atoms with Crippen molar-refractivity contribution in [1.29, 1.82) is 27.0 Å². The highest BCUT2D eigenvalue weighted by atomic mass is 35.5. The fraction of sp³-hybridized carbons (Fsp3) is 0.109. The van der Waals surface area contributed by atoms with Gasteiger partial charge in [-0.05, 0) is 184 Å². The molecule has 42 heteroatoms. The monoisotopic (exact) mass is 1970 g/mol. The van der Waals surface area contributed by atoms with Crippen molar-refractivity contribution in [2.45, 2.75) is 34.6 Å². The topological polar surface area (TPSA) is 431 Å². The van der Waals surface area contributed by atoms with E-state index in [0.717, 1.165) is 140 Å². The van der Waals surface area contributed by atoms with Crippen molar-refractivity contribution in [3.8, 4) is 0 Å². The van der Waals surface area contributed by atoms with Gasteiger partial charge in [-0.1, -0.05) is 82.8 Å². The van der Waals surface area contributed by atoms with Crippen LogP contribution in [0.2, 0.25) is 25.1 Å². The second-order valence-electron chi connectivity index (χ2n) is 29.2. The maximum atomic E-state index is 13.7. The van der Waals surface area contributed by atoms with Crippen LogP contribution in [0.3, 0.4) is 0 Å². The molecule has 0 spiro atoms. The molecule has 0 aliphatic heterocycles. The lowest BCUT2D eigenvalue weighted by Crippen LogP contribution is -1.99. The number of allylic oxidation sites excluding steroid dienone is 1. The standard InChI is InChI=1S/C20H17ClN6OS.C18H13ClFN5OS.3C18H14ClN5OS/c1-10(2)25-11-4-5-12(21)15(8-11)26-19-16-13(23-9-24-19)6-7-14-17(16)29-20(27-14)18(22)28-3;1-8-5-13(9(19)6-10(8)20)24-17-14-11(22-7-23-17)3-4-12-15(14)27-18(25-12)16(21)26-2;3*1-9-3-4-11(10(19)7-9)23-17-14-12(21-8-22-17)5-6-13-15(14)26-18(24-13)16(20)25-2/h4-9,22,25H,1H2,2-3H3,(H,23,24,26);3-7,21H,1-2H3,(H,22,23,24);3*3-8,20H,1-2H3,(H,21,22,23). The molecule has 0 aliphatic carbocycles. The first-order chi connectivity index (χ1) is 64.6. The normalized spacial score (nSPS) is 11.0. The van der Waals surface area contributed by atoms with E-state index in [1.807, 2.05) is 155 Å². The Hall–Kier alpha value is -14.4. The molecule has 0 aliphatic rings. The summed E-state index contributed by atoms with van der Waals surface area (Å²) in [5.41, 5.74) is 16.6. The first-order valence-electron chi connectivity index (χ1n) is 39.8. The number of aromatic nitrogens is 15. The first kappa shape index (κ1) is 92.9. The smallest absolute Gasteiger partial charge is 0.242 e. The molecule has 10 heterocycles. The number of methoxy groups -OCH3 is 5. The summed E-state index contributed by atoms with van der Waals surface area (Å²) in [6.45, 7) is 13.4. The molecule has 20 aromatic rings. The lowest BCUT2D eigenvalue weighted by atomic mass is 10.2. The van der Waals surface area contributed by atoms with Gasteiger partial charge in [0.2, 0.25) is 29.5 Å². The van der Waals surface area contributed by atoms with Gasteiger partial charge in [-0.2, -0.15) is 0 Å². The van der Waals surface area contributed by atoms with Gasteiger partial charge in [0.15, 0.2) is 25.0 Å². The second-order valence-corrected chi connectivity index (χ2v) is 36.2. The van der Waals surface area contributed by atoms with Crippen LogP contribution in [0.5, 0.6) is 0 Å². The average molecular weight is 1980 g/mol. The van der Waals surface area contributed by atoms with Crippen LogP contribution in [0.15, 0.2) is 190 Å². The second kappa shape index (κ2) is 40.4. The van der Waals surface area contributed by atoms with Crippen LogP contribution in [-0.4, -0.2) is 140 Å². The third-order valence-corrected chi connectivity index (χ3v) is 27.0. The lowest BCUT2D eigenvalue weighted by Gasteiger charge is -2.13. The molecule has 0 unspecified atom stereocenters. The molecule has 0 bridgehead atoms. The van der Waals surface area contributed by atoms with Gasteiger partial charge in [0.05, 0.1) is 195 Å². The van der Waals surface area contributed by atoms with Crippen molar-refractivity contribution in [2.75, 3.05) is 67.4 Å². The number of aryl methyl sites for hydroxylation is 4. The van der Waals surface area contributed by atoms with E-state index in [9.17, 15) is 4.39 Å². The van der Waals surface area contributed by atoms with Gasteiger partial charge < -0.3 is 55.6 Å². The van der Waals surface area contributed by atoms with Crippen molar-refractivity contribution in [2.24, 2.45) is 0 Å². The van der Waals surface area contributed by atoms with Gasteiger partial charge >= 0.3 is 0 Å². The molecule has 31 nitrogen and oxygen atoms in total. The maximum Gasteiger partial charge on any atom is 0.242 e. The summed E-state index contributed by atoms with van der Waals surface area (Å²) in [4.78, 5) is 66.1. The minimum absolute atomic E-state index is 0.00656. The van der Waals surface area contributed by atoms with E-state index in [0.29, 0.717) is 102 Å². The molecule has 11 N–H and O–H groups in total. The molecule has 0 saturated heterocycles. The molecular weight excluding hydrogens is 1910 g/mol. The average Bonchev–Trinajstić information content (AvgIpc) is 1.59. The summed E-state index contributed by atoms with van der Waals surface area (Å²) >= 11 is 38.5. The van der Waals surface area contributed by atoms with Gasteiger partial charge in [-0.15, -0.1) is 56.7 Å². The SMILES string of the molecule is C=C(C)Nc1ccc(Cl)c(Nc2ncnc3ccc4nc(C(=N)OC)sc4c23)c1.COC(=N)c1nc2ccc3ncnc(Nc4cc(C)c(F)cc4Cl)c3c2s1.COC(=N)c1nc2ccc3ncnc(Nc4ccc(C)cc4Cl)c3c2s1.COC(=N)c1nc2ccc3ncnc(Nc4ccc(C)cc4Cl)c3c2s1.COC(=N)c1nc2ccc3ncnc(Nc4ccc(C)cc4Cl)c3c2s1. The van der Waals surface area contributed by atoms with Crippen LogP contribution in [0, 0.1) is 60.6 Å². The summed E-state index contributed by atoms with van der Waals surface area (Å²) in [7, 11) is 7.27. The van der Waals surface area contributed by atoms with Crippen LogP contribution < -0.4 is 31.9 Å². The number of rotatable bonds is 17. The van der Waals surface area contributed by atoms with E-state index in [1.165, 1.54) is 130 Å². The predicted molar refractivity (Wildman–Crippen MR) is 544 cm³/mol. The Bertz CT molecular complexity index is 7690. The Morgan fingerprint density at radius 1 is 0.306 bits per heavy atom. The minimum Gasteiger partial charge on any atom is -0.479 e. The molecule has 0 radical (unpaired) electrons. The number of nitrogens with zero attached hydrogens (tertiary/aromatic N) is 15. The molecular formula is C92H72Cl5FN26O5S5. The molecule has 134 heavy (non-hydrogen) atoms. The number of benzene rings is 10. The number of fused-ring (bicyclic) bond motifs is 15. The molecule has 10 aromatic carbocycles. The molecule has 0 fully saturated rings. The van der Waals surface area contributed by atoms with Crippen LogP contribution in [0.25, 0.3) is 106 Å². The van der Waals surface area contributed by atoms with Crippen molar-refractivity contribution in [1.82, 2.24) is 74.8 Å². The number of hydrogen-bond donors (Lipinski definition) is 11. The minimum atomic E-state index is -0.370. The highest BCUT2D eigenvalue weighted by Gasteiger charge is 2.24. The largest absolute Gasteiger partial charge is 0.479 e. The molecule has 20 rings (SSSR count). The molecule has 0 amide bonds. The fourth-order valence-electron chi connectivity index (χ4n) is 13.6. The van der Waals surface area contributed by atoms with Gasteiger partial charge in [0.25, 0.3) is 0 Å². The number of ether oxygens (including phenoxy) is 5. The van der Waals surface area contributed by atoms with Crippen LogP contribution in [0.4, 0.5) is 67.6 Å². The molecule has 0 saturated carbocycles. The zero-order chi connectivity index (χ0) is 94.4. The zero-order valence-electron chi connectivity index (χ0n) is 72.0. The summed E-state index contributed by atoms with van der Waals surface area (Å²) in [5, 5.41) is 68.2. The number of halogens is 6. The Kier molecular flexibility index (Phi) is 28.0. The number of nitrogens with one attached hydrogen (secondary N) is 11. The van der Waals surface area contributed by atoms with E-state index in [1.54, 1.807) is 19.1 Å². The first-order valence-corrected chi connectivity index (χ1v) is 45.8. The van der Waals surface area contributed by atoms with E-state index in [4.69, 9.17) is 109 Å². The highest BCUT2D eigenvalue weighted by Crippen LogP contribution is 2.44. The van der Waals surface area contributed by atoms with Crippen LogP contribution in [0.1, 0.15) is 54.2 Å². The van der Waals surface area contributed by atoms with Crippen LogP contribution >= 0.6 is 115 Å². The van der Waals surface area contributed by atoms with Crippen molar-refractivity contribution in [3.05, 3.63) is 268 Å². The summed E-state index contributed by atoms with van der Waals surface area (Å²) in [6.07, 6.45) is 7.48. The predicted octanol–water partition coefficient (Wildman–Crippen LogP) is 25.4. The summed E-state index contributed by atoms with van der Waals surface area (Å²) in [6, 6.07) is 44.6. The van der Waals surface area contributed by atoms with E-state index in [-0.39, 0.29) is 40.3 Å². The molecule has 10 aromatic heterocycles. The van der Waals surface area contributed by atoms with E-state index < -0.39 is 0 Å². The molecule has 0 atom stereocenters. The zero-order valence-corrected chi connectivity index (χ0v) is 79.9. The lowest BCUT2D eigenvalue weighted by molar-refractivity contribution is 0.401. The Balaban J connectivity index is 0.000000122. The fourth-order valence-corrected chi connectivity index (χ4v) is 19.9. The molecule has 672 valence electrons. The third-order valence-electron chi connectivity index (χ3n) is 20.0. The van der Waals surface area contributed by atoms with Crippen LogP contribution in [-0.2, 0) is 23.7 Å². The van der Waals surface area contributed by atoms with Gasteiger partial charge in [0, 0.05) is 11.4 Å². The Morgan fingerprint density at radius 2 is 0.552 bits per heavy atom. The number of anilines is 11. The quantitative estimate of drug-likeness (QED) is 0.0298. The van der Waals surface area contributed by atoms with Crippen molar-refractivity contribution < 1.29 is 28.1 Å². The maximum absolute atomic E-state index is 13.7. The summed E-state index contributed by atoms with van der Waals surface area (Å²) < 4.78 is 43.1. The van der Waals surface area contributed by atoms with Crippen molar-refractivity contribution in [3.63, 3.8) is 0 Å². The highest BCUT2D eigenvalue weighted by molar-refractivity contribution is 7.23. The number of hydrogen-bond acceptors (Lipinski definition) is 36. The van der Waals surface area contributed by atoms with E-state index >= 15 is 0 Å². The Morgan fingerprint density at radius 3 is 0.806 bits per heavy atom. The van der Waals surface area contributed by atoms with Gasteiger partial charge in [-0.3, -0.25) is 27.0 Å². The van der Waals surface area contributed by atoms with E-state index in [2.05, 4.69) is 113 Å². The van der Waals surface area contributed by atoms with Crippen molar-refractivity contribution >= 4 is 313 Å². The van der Waals surface area contributed by atoms with Gasteiger partial charge in [0.1, 0.15) is 66.5 Å². The number of thiazole rings is 5. The third kappa shape index (κ3) is 20.0. The van der Waals surface area contributed by atoms with Gasteiger partial charge in [-0.25, -0.2) is 79.2 Å². The Labute approximate surface area is 806 Å². The summed E-state index contributed by atoms with van der Waals surface area (Å²) in [5.74, 6) is 2.81.